The molecule has 2 aromatic carbocycles. The van der Waals surface area contributed by atoms with Crippen molar-refractivity contribution < 1.29 is 13.2 Å². The Balaban J connectivity index is 1.79. The number of anilines is 1. The first-order chi connectivity index (χ1) is 11.9. The molecule has 1 unspecified atom stereocenters. The normalized spacial score (nSPS) is 17.3. The highest BCUT2D eigenvalue weighted by Gasteiger charge is 2.28. The van der Waals surface area contributed by atoms with Crippen LogP contribution < -0.4 is 9.62 Å². The Morgan fingerprint density at radius 3 is 2.64 bits per heavy atom. The second-order valence-electron chi connectivity index (χ2n) is 6.01. The minimum atomic E-state index is -3.27. The number of benzene rings is 2. The van der Waals surface area contributed by atoms with Crippen LogP contribution in [0.2, 0.25) is 5.02 Å². The van der Waals surface area contributed by atoms with Gasteiger partial charge in [0.2, 0.25) is 10.0 Å². The summed E-state index contributed by atoms with van der Waals surface area (Å²) in [7, 11) is -3.27. The molecule has 1 saturated heterocycles. The van der Waals surface area contributed by atoms with Crippen LogP contribution >= 0.6 is 11.6 Å². The van der Waals surface area contributed by atoms with Crippen molar-refractivity contribution in [3.8, 4) is 0 Å². The molecule has 1 heterocycles. The molecule has 0 radical (unpaired) electrons. The van der Waals surface area contributed by atoms with Crippen LogP contribution in [0.1, 0.15) is 35.3 Å². The molecule has 25 heavy (non-hydrogen) atoms. The zero-order valence-corrected chi connectivity index (χ0v) is 15.3. The molecule has 1 amide bonds. The summed E-state index contributed by atoms with van der Waals surface area (Å²) in [6, 6.07) is 13.7. The molecular formula is C18H19ClN2O3S. The number of rotatable bonds is 4. The van der Waals surface area contributed by atoms with Crippen molar-refractivity contribution >= 4 is 33.2 Å². The van der Waals surface area contributed by atoms with Gasteiger partial charge in [0.15, 0.2) is 0 Å². The van der Waals surface area contributed by atoms with E-state index in [1.807, 2.05) is 25.1 Å². The molecule has 1 aliphatic rings. The Morgan fingerprint density at radius 2 is 1.96 bits per heavy atom. The topological polar surface area (TPSA) is 66.5 Å². The Bertz CT molecular complexity index is 899. The molecule has 0 aliphatic carbocycles. The van der Waals surface area contributed by atoms with E-state index in [-0.39, 0.29) is 17.7 Å². The average Bonchev–Trinajstić information content (AvgIpc) is 2.94. The number of amides is 1. The third kappa shape index (κ3) is 3.80. The molecule has 1 N–H and O–H groups in total. The number of halogens is 1. The van der Waals surface area contributed by atoms with Crippen LogP contribution in [0.15, 0.2) is 48.5 Å². The van der Waals surface area contributed by atoms with Crippen molar-refractivity contribution in [2.45, 2.75) is 19.4 Å². The predicted molar refractivity (Wildman–Crippen MR) is 99.5 cm³/mol. The smallest absolute Gasteiger partial charge is 0.251 e. The highest BCUT2D eigenvalue weighted by Crippen LogP contribution is 2.26. The number of hydrogen-bond donors (Lipinski definition) is 1. The lowest BCUT2D eigenvalue weighted by atomic mass is 10.1. The zero-order valence-electron chi connectivity index (χ0n) is 13.8. The van der Waals surface area contributed by atoms with Gasteiger partial charge in [-0.15, -0.1) is 0 Å². The van der Waals surface area contributed by atoms with Crippen LogP contribution in [-0.4, -0.2) is 26.6 Å². The van der Waals surface area contributed by atoms with Gasteiger partial charge in [-0.25, -0.2) is 8.42 Å². The van der Waals surface area contributed by atoms with Gasteiger partial charge in [-0.2, -0.15) is 0 Å². The largest absolute Gasteiger partial charge is 0.345 e. The number of hydrogen-bond acceptors (Lipinski definition) is 3. The second kappa shape index (κ2) is 7.06. The standard InChI is InChI=1S/C18H19ClN2O3S/c1-13(16-8-2-3-9-17(16)19)20-18(22)14-6-4-7-15(12-14)21-10-5-11-25(21,23)24/h2-4,6-9,12-13H,5,10-11H2,1H3,(H,20,22). The summed E-state index contributed by atoms with van der Waals surface area (Å²) in [5.41, 5.74) is 1.77. The van der Waals surface area contributed by atoms with E-state index >= 15 is 0 Å². The van der Waals surface area contributed by atoms with Gasteiger partial charge in [0.05, 0.1) is 17.5 Å². The highest BCUT2D eigenvalue weighted by molar-refractivity contribution is 7.93. The van der Waals surface area contributed by atoms with Gasteiger partial charge in [-0.3, -0.25) is 9.10 Å². The van der Waals surface area contributed by atoms with Gasteiger partial charge >= 0.3 is 0 Å². The summed E-state index contributed by atoms with van der Waals surface area (Å²) >= 11 is 6.17. The first-order valence-electron chi connectivity index (χ1n) is 8.04. The first kappa shape index (κ1) is 17.8. The molecule has 1 aliphatic heterocycles. The summed E-state index contributed by atoms with van der Waals surface area (Å²) in [5.74, 6) is -0.127. The molecule has 132 valence electrons. The van der Waals surface area contributed by atoms with Crippen LogP contribution in [0, 0.1) is 0 Å². The maximum atomic E-state index is 12.5. The first-order valence-corrected chi connectivity index (χ1v) is 10.0. The average molecular weight is 379 g/mol. The van der Waals surface area contributed by atoms with E-state index in [1.54, 1.807) is 30.3 Å². The van der Waals surface area contributed by atoms with Gasteiger partial charge in [0.25, 0.3) is 5.91 Å². The molecule has 1 atom stereocenters. The summed E-state index contributed by atoms with van der Waals surface area (Å²) in [5, 5.41) is 3.49. The van der Waals surface area contributed by atoms with Gasteiger partial charge < -0.3 is 5.32 Å². The van der Waals surface area contributed by atoms with Gasteiger partial charge in [-0.1, -0.05) is 35.9 Å². The summed E-state index contributed by atoms with van der Waals surface area (Å²) in [6.45, 7) is 2.30. The fourth-order valence-corrected chi connectivity index (χ4v) is 4.77. The number of nitrogens with zero attached hydrogens (tertiary/aromatic N) is 1. The Kier molecular flexibility index (Phi) is 5.01. The molecular weight excluding hydrogens is 360 g/mol. The second-order valence-corrected chi connectivity index (χ2v) is 8.43. The Morgan fingerprint density at radius 1 is 1.20 bits per heavy atom. The van der Waals surface area contributed by atoms with Gasteiger partial charge in [0.1, 0.15) is 0 Å². The fourth-order valence-electron chi connectivity index (χ4n) is 2.92. The molecule has 0 aromatic heterocycles. The lowest BCUT2D eigenvalue weighted by Crippen LogP contribution is -2.28. The summed E-state index contributed by atoms with van der Waals surface area (Å²) in [6.07, 6.45) is 0.600. The van der Waals surface area contributed by atoms with Gasteiger partial charge in [0, 0.05) is 17.1 Å². The van der Waals surface area contributed by atoms with E-state index in [1.165, 1.54) is 4.31 Å². The number of carbonyl (C=O) groups excluding carboxylic acids is 1. The van der Waals surface area contributed by atoms with Crippen molar-refractivity contribution in [1.29, 1.82) is 0 Å². The van der Waals surface area contributed by atoms with Crippen LogP contribution in [-0.2, 0) is 10.0 Å². The maximum Gasteiger partial charge on any atom is 0.251 e. The molecule has 0 spiro atoms. The van der Waals surface area contributed by atoms with E-state index in [2.05, 4.69) is 5.32 Å². The van der Waals surface area contributed by atoms with Crippen molar-refractivity contribution in [3.63, 3.8) is 0 Å². The van der Waals surface area contributed by atoms with Crippen LogP contribution in [0.4, 0.5) is 5.69 Å². The molecule has 3 rings (SSSR count). The molecule has 5 nitrogen and oxygen atoms in total. The zero-order chi connectivity index (χ0) is 18.0. The Hall–Kier alpha value is -2.05. The van der Waals surface area contributed by atoms with Crippen LogP contribution in [0.25, 0.3) is 0 Å². The lowest BCUT2D eigenvalue weighted by Gasteiger charge is -2.19. The van der Waals surface area contributed by atoms with Crippen molar-refractivity contribution in [2.75, 3.05) is 16.6 Å². The van der Waals surface area contributed by atoms with Crippen LogP contribution in [0.3, 0.4) is 0 Å². The maximum absolute atomic E-state index is 12.5. The fraction of sp³-hybridized carbons (Fsp3) is 0.278. The van der Waals surface area contributed by atoms with Crippen molar-refractivity contribution in [1.82, 2.24) is 5.32 Å². The number of sulfonamides is 1. The molecule has 2 aromatic rings. The van der Waals surface area contributed by atoms with E-state index in [9.17, 15) is 13.2 Å². The SMILES string of the molecule is CC(NC(=O)c1cccc(N2CCCS2(=O)=O)c1)c1ccccc1Cl. The minimum Gasteiger partial charge on any atom is -0.345 e. The quantitative estimate of drug-likeness (QED) is 0.886. The van der Waals surface area contributed by atoms with Crippen molar-refractivity contribution in [2.24, 2.45) is 0 Å². The van der Waals surface area contributed by atoms with E-state index < -0.39 is 10.0 Å². The van der Waals surface area contributed by atoms with E-state index in [4.69, 9.17) is 11.6 Å². The monoisotopic (exact) mass is 378 g/mol. The summed E-state index contributed by atoms with van der Waals surface area (Å²) in [4.78, 5) is 12.5. The Labute approximate surface area is 152 Å². The van der Waals surface area contributed by atoms with E-state index in [0.29, 0.717) is 29.2 Å². The molecule has 1 fully saturated rings. The number of carbonyl (C=O) groups is 1. The number of nitrogens with one attached hydrogen (secondary N) is 1. The van der Waals surface area contributed by atoms with E-state index in [0.717, 1.165) is 5.56 Å². The third-order valence-corrected chi connectivity index (χ3v) is 6.43. The lowest BCUT2D eigenvalue weighted by molar-refractivity contribution is 0.0940. The third-order valence-electron chi connectivity index (χ3n) is 4.21. The molecule has 0 saturated carbocycles. The van der Waals surface area contributed by atoms with Crippen molar-refractivity contribution in [3.05, 3.63) is 64.7 Å². The van der Waals surface area contributed by atoms with Gasteiger partial charge in [-0.05, 0) is 43.2 Å². The highest BCUT2D eigenvalue weighted by atomic mass is 35.5. The minimum absolute atomic E-state index is 0.146. The molecule has 7 heteroatoms. The summed E-state index contributed by atoms with van der Waals surface area (Å²) < 4.78 is 25.5. The predicted octanol–water partition coefficient (Wildman–Crippen LogP) is 3.37. The van der Waals surface area contributed by atoms with Crippen LogP contribution in [0.5, 0.6) is 0 Å². The molecule has 0 bridgehead atoms.